The number of furan rings is 1. The van der Waals surface area contributed by atoms with E-state index < -0.39 is 0 Å². The van der Waals surface area contributed by atoms with Crippen LogP contribution in [0.3, 0.4) is 0 Å². The first-order chi connectivity index (χ1) is 22.8. The minimum absolute atomic E-state index is 0.139. The Hall–Kier alpha value is -5.54. The van der Waals surface area contributed by atoms with Crippen molar-refractivity contribution in [3.8, 4) is 22.4 Å². The first-order valence-electron chi connectivity index (χ1n) is 16.4. The summed E-state index contributed by atoms with van der Waals surface area (Å²) in [5.74, 6) is 0. The van der Waals surface area contributed by atoms with Gasteiger partial charge in [-0.2, -0.15) is 0 Å². The molecule has 2 aliphatic carbocycles. The number of hydrogen-bond donors (Lipinski definition) is 0. The Labute approximate surface area is 273 Å². The van der Waals surface area contributed by atoms with Gasteiger partial charge >= 0.3 is 0 Å². The number of rotatable bonds is 2. The number of allylic oxidation sites excluding steroid dienone is 2. The molecule has 0 spiro atoms. The van der Waals surface area contributed by atoms with Crippen LogP contribution in [0, 0.1) is 0 Å². The SMILES string of the molecule is CC1(C)C2=C(c3ccc(-c4ccc5c(c4)oc4ccccc45)cc31)C(C)(C)c1cc(-c3ccc4ccc5cccnc5c4n3)ccc12. The number of nitrogens with zero attached hydrogens (tertiary/aromatic N) is 2. The molecule has 3 aromatic heterocycles. The maximum atomic E-state index is 6.24. The quantitative estimate of drug-likeness (QED) is 0.184. The van der Waals surface area contributed by atoms with E-state index in [9.17, 15) is 0 Å². The summed E-state index contributed by atoms with van der Waals surface area (Å²) in [6, 6.07) is 41.6. The first-order valence-corrected chi connectivity index (χ1v) is 16.4. The number of para-hydroxylation sites is 1. The van der Waals surface area contributed by atoms with Crippen molar-refractivity contribution in [2.24, 2.45) is 0 Å². The molecule has 0 fully saturated rings. The Morgan fingerprint density at radius 2 is 1.13 bits per heavy atom. The number of fused-ring (bicyclic) bond motifs is 10. The molecule has 0 saturated heterocycles. The van der Waals surface area contributed by atoms with Crippen LogP contribution in [0.25, 0.3) is 77.3 Å². The van der Waals surface area contributed by atoms with Gasteiger partial charge in [-0.25, -0.2) is 4.98 Å². The molecule has 47 heavy (non-hydrogen) atoms. The number of hydrogen-bond acceptors (Lipinski definition) is 3. The fourth-order valence-corrected chi connectivity index (χ4v) is 8.52. The highest BCUT2D eigenvalue weighted by atomic mass is 16.3. The molecule has 8 aromatic rings. The van der Waals surface area contributed by atoms with E-state index in [0.717, 1.165) is 55.0 Å². The van der Waals surface area contributed by atoms with Crippen LogP contribution < -0.4 is 0 Å². The van der Waals surface area contributed by atoms with E-state index in [0.29, 0.717) is 0 Å². The zero-order valence-electron chi connectivity index (χ0n) is 26.8. The molecular weight excluding hydrogens is 572 g/mol. The average Bonchev–Trinajstić information content (AvgIpc) is 3.67. The summed E-state index contributed by atoms with van der Waals surface area (Å²) >= 11 is 0. The lowest BCUT2D eigenvalue weighted by molar-refractivity contribution is 0.669. The third kappa shape index (κ3) is 3.57. The Morgan fingerprint density at radius 3 is 1.91 bits per heavy atom. The van der Waals surface area contributed by atoms with Gasteiger partial charge in [0.05, 0.1) is 16.7 Å². The van der Waals surface area contributed by atoms with Gasteiger partial charge in [0.15, 0.2) is 0 Å². The predicted octanol–water partition coefficient (Wildman–Crippen LogP) is 11.5. The largest absolute Gasteiger partial charge is 0.456 e. The van der Waals surface area contributed by atoms with Gasteiger partial charge in [0.2, 0.25) is 0 Å². The van der Waals surface area contributed by atoms with Crippen LogP contribution in [-0.4, -0.2) is 9.97 Å². The summed E-state index contributed by atoms with van der Waals surface area (Å²) < 4.78 is 6.24. The van der Waals surface area contributed by atoms with Crippen LogP contribution in [-0.2, 0) is 10.8 Å². The van der Waals surface area contributed by atoms with Crippen molar-refractivity contribution in [1.82, 2.24) is 9.97 Å². The van der Waals surface area contributed by atoms with Crippen molar-refractivity contribution in [2.75, 3.05) is 0 Å². The normalized spacial score (nSPS) is 15.9. The van der Waals surface area contributed by atoms with Gasteiger partial charge in [-0.1, -0.05) is 100 Å². The zero-order chi connectivity index (χ0) is 31.7. The minimum atomic E-state index is -0.150. The van der Waals surface area contributed by atoms with Gasteiger partial charge in [-0.05, 0) is 87.0 Å². The Morgan fingerprint density at radius 1 is 0.511 bits per heavy atom. The summed E-state index contributed by atoms with van der Waals surface area (Å²) in [6.45, 7) is 9.56. The highest BCUT2D eigenvalue weighted by Gasteiger charge is 2.49. The number of aromatic nitrogens is 2. The minimum Gasteiger partial charge on any atom is -0.456 e. The van der Waals surface area contributed by atoms with E-state index >= 15 is 0 Å². The lowest BCUT2D eigenvalue weighted by Gasteiger charge is -2.28. The second-order valence-corrected chi connectivity index (χ2v) is 14.2. The van der Waals surface area contributed by atoms with Crippen LogP contribution in [0.1, 0.15) is 49.9 Å². The Bertz CT molecular complexity index is 2690. The molecule has 5 aromatic carbocycles. The van der Waals surface area contributed by atoms with E-state index in [1.165, 1.54) is 44.5 Å². The standard InChI is InChI=1S/C44H32N2O/c1-43(2)34-22-27(28-13-17-31-30-9-5-6-10-37(30)47-38(31)24-28)14-18-32(34)39-40(43)33-19-15-29(23-35(33)44(39,3)4)36-20-16-26-12-11-25-8-7-21-45-41(25)42(26)46-36/h5-24H,1-4H3. The Balaban J connectivity index is 1.06. The number of benzene rings is 5. The van der Waals surface area contributed by atoms with E-state index in [-0.39, 0.29) is 10.8 Å². The lowest BCUT2D eigenvalue weighted by atomic mass is 9.75. The second-order valence-electron chi connectivity index (χ2n) is 14.2. The number of pyridine rings is 2. The molecule has 0 amide bonds. The van der Waals surface area contributed by atoms with E-state index in [2.05, 4.69) is 130 Å². The fourth-order valence-electron chi connectivity index (χ4n) is 8.52. The van der Waals surface area contributed by atoms with Crippen LogP contribution in [0.2, 0.25) is 0 Å². The van der Waals surface area contributed by atoms with Gasteiger partial charge in [0.1, 0.15) is 11.2 Å². The summed E-state index contributed by atoms with van der Waals surface area (Å²) in [7, 11) is 0. The molecule has 224 valence electrons. The average molecular weight is 605 g/mol. The molecule has 0 unspecified atom stereocenters. The maximum absolute atomic E-state index is 6.24. The molecule has 0 aliphatic heterocycles. The molecule has 0 N–H and O–H groups in total. The van der Waals surface area contributed by atoms with Gasteiger partial charge in [0, 0.05) is 44.1 Å². The summed E-state index contributed by atoms with van der Waals surface area (Å²) in [5, 5.41) is 4.54. The third-order valence-corrected chi connectivity index (χ3v) is 10.9. The lowest BCUT2D eigenvalue weighted by Crippen LogP contribution is -2.19. The third-order valence-electron chi connectivity index (χ3n) is 10.9. The monoisotopic (exact) mass is 604 g/mol. The molecule has 3 heteroatoms. The van der Waals surface area contributed by atoms with Crippen LogP contribution in [0.5, 0.6) is 0 Å². The van der Waals surface area contributed by atoms with Gasteiger partial charge in [-0.15, -0.1) is 0 Å². The molecule has 2 aliphatic rings. The van der Waals surface area contributed by atoms with Crippen molar-refractivity contribution < 1.29 is 4.42 Å². The van der Waals surface area contributed by atoms with Crippen molar-refractivity contribution in [3.63, 3.8) is 0 Å². The van der Waals surface area contributed by atoms with Gasteiger partial charge in [0.25, 0.3) is 0 Å². The summed E-state index contributed by atoms with van der Waals surface area (Å²) in [4.78, 5) is 9.85. The van der Waals surface area contributed by atoms with Crippen LogP contribution >= 0.6 is 0 Å². The fraction of sp³-hybridized carbons (Fsp3) is 0.136. The smallest absolute Gasteiger partial charge is 0.136 e. The highest BCUT2D eigenvalue weighted by molar-refractivity contribution is 6.11. The molecule has 3 nitrogen and oxygen atoms in total. The van der Waals surface area contributed by atoms with Gasteiger partial charge < -0.3 is 4.42 Å². The van der Waals surface area contributed by atoms with E-state index in [1.807, 2.05) is 24.4 Å². The van der Waals surface area contributed by atoms with Gasteiger partial charge in [-0.3, -0.25) is 4.98 Å². The van der Waals surface area contributed by atoms with E-state index in [1.54, 1.807) is 0 Å². The summed E-state index contributed by atoms with van der Waals surface area (Å²) in [6.07, 6.45) is 1.85. The maximum Gasteiger partial charge on any atom is 0.136 e. The second kappa shape index (κ2) is 9.04. The van der Waals surface area contributed by atoms with Crippen LogP contribution in [0.4, 0.5) is 0 Å². The molecule has 3 heterocycles. The van der Waals surface area contributed by atoms with Crippen molar-refractivity contribution >= 4 is 54.9 Å². The predicted molar refractivity (Wildman–Crippen MR) is 195 cm³/mol. The highest BCUT2D eigenvalue weighted by Crippen LogP contribution is 2.63. The Kier molecular flexibility index (Phi) is 5.13. The first kappa shape index (κ1) is 26.7. The topological polar surface area (TPSA) is 38.9 Å². The summed E-state index contributed by atoms with van der Waals surface area (Å²) in [5.41, 5.74) is 16.4. The van der Waals surface area contributed by atoms with Crippen molar-refractivity contribution in [1.29, 1.82) is 0 Å². The molecule has 0 saturated carbocycles. The molecule has 0 bridgehead atoms. The molecular formula is C44H32N2O. The van der Waals surface area contributed by atoms with Crippen molar-refractivity contribution in [2.45, 2.75) is 38.5 Å². The van der Waals surface area contributed by atoms with E-state index in [4.69, 9.17) is 9.40 Å². The molecule has 0 atom stereocenters. The zero-order valence-corrected chi connectivity index (χ0v) is 26.8. The van der Waals surface area contributed by atoms with Crippen LogP contribution in [0.15, 0.2) is 126 Å². The van der Waals surface area contributed by atoms with Crippen molar-refractivity contribution in [3.05, 3.63) is 144 Å². The molecule has 0 radical (unpaired) electrons. The molecule has 10 rings (SSSR count).